The van der Waals surface area contributed by atoms with Crippen LogP contribution in [0.3, 0.4) is 0 Å². The Hall–Kier alpha value is -1.89. The topological polar surface area (TPSA) is 49.4 Å². The molecule has 128 valence electrons. The Morgan fingerprint density at radius 3 is 2.76 bits per heavy atom. The highest BCUT2D eigenvalue weighted by Crippen LogP contribution is 2.31. The molecule has 2 aromatic carbocycles. The minimum atomic E-state index is -0.309. The summed E-state index contributed by atoms with van der Waals surface area (Å²) in [7, 11) is 0. The van der Waals surface area contributed by atoms with Gasteiger partial charge in [-0.3, -0.25) is 9.59 Å². The molecule has 0 radical (unpaired) electrons. The van der Waals surface area contributed by atoms with Gasteiger partial charge in [0.2, 0.25) is 11.8 Å². The fraction of sp³-hybridized carbons (Fsp3) is 0.300. The smallest absolute Gasteiger partial charge is 0.229 e. The van der Waals surface area contributed by atoms with E-state index in [0.29, 0.717) is 6.54 Å². The highest BCUT2D eigenvalue weighted by Gasteiger charge is 2.35. The molecule has 4 rings (SSSR count). The lowest BCUT2D eigenvalue weighted by atomic mass is 10.1. The van der Waals surface area contributed by atoms with Crippen LogP contribution in [0.15, 0.2) is 42.5 Å². The first kappa shape index (κ1) is 16.6. The molecule has 0 saturated carbocycles. The minimum absolute atomic E-state index is 0.0286. The zero-order chi connectivity index (χ0) is 17.4. The van der Waals surface area contributed by atoms with Crippen molar-refractivity contribution in [1.82, 2.24) is 0 Å². The molecule has 4 nitrogen and oxygen atoms in total. The van der Waals surface area contributed by atoms with Crippen LogP contribution >= 0.6 is 22.6 Å². The molecule has 2 aliphatic rings. The third kappa shape index (κ3) is 3.29. The SMILES string of the molecule is O=C(Nc1ccccc1I)C1CC(=O)N(c2ccc3c(c2)CCC3)C1. The van der Waals surface area contributed by atoms with E-state index < -0.39 is 0 Å². The van der Waals surface area contributed by atoms with Crippen molar-refractivity contribution in [2.75, 3.05) is 16.8 Å². The molecule has 2 aromatic rings. The Morgan fingerprint density at radius 2 is 1.92 bits per heavy atom. The number of amides is 2. The first-order valence-electron chi connectivity index (χ1n) is 8.59. The molecule has 0 bridgehead atoms. The van der Waals surface area contributed by atoms with Gasteiger partial charge in [-0.15, -0.1) is 0 Å². The van der Waals surface area contributed by atoms with E-state index in [-0.39, 0.29) is 24.2 Å². The van der Waals surface area contributed by atoms with Crippen LogP contribution in [-0.4, -0.2) is 18.4 Å². The van der Waals surface area contributed by atoms with E-state index in [1.165, 1.54) is 17.5 Å². The van der Waals surface area contributed by atoms with Gasteiger partial charge in [0.25, 0.3) is 0 Å². The number of carbonyl (C=O) groups is 2. The Kier molecular flexibility index (Phi) is 4.50. The Morgan fingerprint density at radius 1 is 1.12 bits per heavy atom. The third-order valence-corrected chi connectivity index (χ3v) is 5.96. The summed E-state index contributed by atoms with van der Waals surface area (Å²) in [6.07, 6.45) is 3.67. The van der Waals surface area contributed by atoms with Crippen LogP contribution in [-0.2, 0) is 22.4 Å². The van der Waals surface area contributed by atoms with Crippen LogP contribution in [0.1, 0.15) is 24.0 Å². The van der Waals surface area contributed by atoms with Gasteiger partial charge in [0.05, 0.1) is 11.6 Å². The average molecular weight is 446 g/mol. The predicted octanol–water partition coefficient (Wildman–Crippen LogP) is 3.77. The average Bonchev–Trinajstić information content (AvgIpc) is 3.22. The maximum atomic E-state index is 12.6. The molecular weight excluding hydrogens is 427 g/mol. The number of fused-ring (bicyclic) bond motifs is 1. The lowest BCUT2D eigenvalue weighted by Crippen LogP contribution is -2.28. The summed E-state index contributed by atoms with van der Waals surface area (Å²) in [4.78, 5) is 26.8. The molecule has 1 aliphatic carbocycles. The van der Waals surface area contributed by atoms with Crippen LogP contribution in [0.2, 0.25) is 0 Å². The maximum absolute atomic E-state index is 12.6. The number of anilines is 2. The number of nitrogens with zero attached hydrogens (tertiary/aromatic N) is 1. The number of hydrogen-bond donors (Lipinski definition) is 1. The molecular formula is C20H19IN2O2. The molecule has 2 amide bonds. The Labute approximate surface area is 160 Å². The standard InChI is InChI=1S/C20H19IN2O2/c21-17-6-1-2-7-18(17)22-20(25)15-11-19(24)23(12-15)16-9-8-13-4-3-5-14(13)10-16/h1-2,6-10,15H,3-5,11-12H2,(H,22,25). The van der Waals surface area contributed by atoms with E-state index in [1.54, 1.807) is 4.90 Å². The van der Waals surface area contributed by atoms with Gasteiger partial charge in [0.1, 0.15) is 0 Å². The number of aryl methyl sites for hydroxylation is 2. The normalized spacial score (nSPS) is 19.2. The van der Waals surface area contributed by atoms with E-state index in [1.807, 2.05) is 30.3 Å². The second-order valence-corrected chi connectivity index (χ2v) is 7.84. The van der Waals surface area contributed by atoms with Crippen LogP contribution < -0.4 is 10.2 Å². The molecule has 0 aromatic heterocycles. The van der Waals surface area contributed by atoms with Crippen LogP contribution in [0.25, 0.3) is 0 Å². The largest absolute Gasteiger partial charge is 0.325 e. The van der Waals surface area contributed by atoms with Crippen molar-refractivity contribution >= 4 is 45.8 Å². The predicted molar refractivity (Wildman–Crippen MR) is 107 cm³/mol. The van der Waals surface area contributed by atoms with Gasteiger partial charge in [-0.2, -0.15) is 0 Å². The van der Waals surface area contributed by atoms with Crippen LogP contribution in [0.4, 0.5) is 11.4 Å². The summed E-state index contributed by atoms with van der Waals surface area (Å²) < 4.78 is 0.994. The summed E-state index contributed by atoms with van der Waals surface area (Å²) in [5.41, 5.74) is 4.46. The summed E-state index contributed by atoms with van der Waals surface area (Å²) in [5.74, 6) is -0.362. The van der Waals surface area contributed by atoms with Crippen LogP contribution in [0.5, 0.6) is 0 Å². The van der Waals surface area contributed by atoms with Crippen molar-refractivity contribution in [2.45, 2.75) is 25.7 Å². The molecule has 1 unspecified atom stereocenters. The van der Waals surface area contributed by atoms with E-state index >= 15 is 0 Å². The first-order chi connectivity index (χ1) is 12.1. The lowest BCUT2D eigenvalue weighted by Gasteiger charge is -2.18. The van der Waals surface area contributed by atoms with E-state index in [0.717, 1.165) is 27.8 Å². The molecule has 1 aliphatic heterocycles. The second-order valence-electron chi connectivity index (χ2n) is 6.68. The highest BCUT2D eigenvalue weighted by molar-refractivity contribution is 14.1. The quantitative estimate of drug-likeness (QED) is 0.730. The highest BCUT2D eigenvalue weighted by atomic mass is 127. The molecule has 1 heterocycles. The molecule has 25 heavy (non-hydrogen) atoms. The second kappa shape index (κ2) is 6.78. The van der Waals surface area contributed by atoms with Gasteiger partial charge >= 0.3 is 0 Å². The minimum Gasteiger partial charge on any atom is -0.325 e. The first-order valence-corrected chi connectivity index (χ1v) is 9.67. The van der Waals surface area contributed by atoms with Gasteiger partial charge in [0, 0.05) is 22.2 Å². The Bertz CT molecular complexity index is 849. The maximum Gasteiger partial charge on any atom is 0.229 e. The van der Waals surface area contributed by atoms with E-state index in [2.05, 4.69) is 40.0 Å². The van der Waals surface area contributed by atoms with Crippen molar-refractivity contribution in [3.8, 4) is 0 Å². The fourth-order valence-corrected chi connectivity index (χ4v) is 4.18. The van der Waals surface area contributed by atoms with Gasteiger partial charge < -0.3 is 10.2 Å². The fourth-order valence-electron chi connectivity index (χ4n) is 3.66. The molecule has 5 heteroatoms. The molecule has 1 atom stereocenters. The van der Waals surface area contributed by atoms with Crippen LogP contribution in [0, 0.1) is 9.49 Å². The third-order valence-electron chi connectivity index (χ3n) is 5.02. The summed E-state index contributed by atoms with van der Waals surface area (Å²) in [6, 6.07) is 13.9. The van der Waals surface area contributed by atoms with Gasteiger partial charge in [-0.1, -0.05) is 18.2 Å². The van der Waals surface area contributed by atoms with Crippen molar-refractivity contribution in [2.24, 2.45) is 5.92 Å². The van der Waals surface area contributed by atoms with Crippen molar-refractivity contribution in [3.63, 3.8) is 0 Å². The van der Waals surface area contributed by atoms with Gasteiger partial charge in [0.15, 0.2) is 0 Å². The van der Waals surface area contributed by atoms with Crippen molar-refractivity contribution in [1.29, 1.82) is 0 Å². The summed E-state index contributed by atoms with van der Waals surface area (Å²) >= 11 is 2.20. The number of nitrogens with one attached hydrogen (secondary N) is 1. The number of para-hydroxylation sites is 1. The van der Waals surface area contributed by atoms with E-state index in [9.17, 15) is 9.59 Å². The van der Waals surface area contributed by atoms with Gasteiger partial charge in [-0.25, -0.2) is 0 Å². The van der Waals surface area contributed by atoms with Crippen molar-refractivity contribution < 1.29 is 9.59 Å². The summed E-state index contributed by atoms with van der Waals surface area (Å²) in [6.45, 7) is 0.451. The molecule has 1 saturated heterocycles. The van der Waals surface area contributed by atoms with Crippen molar-refractivity contribution in [3.05, 3.63) is 57.2 Å². The van der Waals surface area contributed by atoms with E-state index in [4.69, 9.17) is 0 Å². The Balaban J connectivity index is 1.48. The van der Waals surface area contributed by atoms with Gasteiger partial charge in [-0.05, 0) is 77.2 Å². The zero-order valence-electron chi connectivity index (χ0n) is 13.8. The number of rotatable bonds is 3. The molecule has 1 fully saturated rings. The monoisotopic (exact) mass is 446 g/mol. The lowest BCUT2D eigenvalue weighted by molar-refractivity contribution is -0.122. The number of hydrogen-bond acceptors (Lipinski definition) is 2. The number of halogens is 1. The molecule has 0 spiro atoms. The zero-order valence-corrected chi connectivity index (χ0v) is 16.0. The molecule has 1 N–H and O–H groups in total. The number of carbonyl (C=O) groups excluding carboxylic acids is 2. The summed E-state index contributed by atoms with van der Waals surface area (Å²) in [5, 5.41) is 2.96. The number of benzene rings is 2.